The molecule has 0 saturated carbocycles. The van der Waals surface area contributed by atoms with Crippen LogP contribution in [0.15, 0.2) is 77.7 Å². The lowest BCUT2D eigenvalue weighted by atomic mass is 10.2. The molecule has 0 radical (unpaired) electrons. The van der Waals surface area contributed by atoms with Crippen molar-refractivity contribution in [1.29, 1.82) is 0 Å². The zero-order valence-electron chi connectivity index (χ0n) is 14.8. The Morgan fingerprint density at radius 3 is 2.55 bits per heavy atom. The lowest BCUT2D eigenvalue weighted by Crippen LogP contribution is -2.12. The molecule has 0 aliphatic carbocycles. The quantitative estimate of drug-likeness (QED) is 0.488. The number of carbonyl (C=O) groups excluding carboxylic acids is 1. The van der Waals surface area contributed by atoms with E-state index in [-0.39, 0.29) is 22.4 Å². The summed E-state index contributed by atoms with van der Waals surface area (Å²) in [4.78, 5) is 12.2. The molecule has 1 amide bonds. The smallest absolute Gasteiger partial charge is 0.339 e. The summed E-state index contributed by atoms with van der Waals surface area (Å²) < 4.78 is 43.4. The highest BCUT2D eigenvalue weighted by atomic mass is 32.2. The van der Waals surface area contributed by atoms with Crippen LogP contribution in [0.1, 0.15) is 10.4 Å². The Morgan fingerprint density at radius 1 is 1.00 bits per heavy atom. The van der Waals surface area contributed by atoms with E-state index in [1.807, 2.05) is 0 Å². The van der Waals surface area contributed by atoms with Crippen LogP contribution in [-0.4, -0.2) is 24.5 Å². The minimum Gasteiger partial charge on any atom is -0.379 e. The number of aromatic nitrogens is 2. The number of rotatable bonds is 5. The summed E-state index contributed by atoms with van der Waals surface area (Å²) >= 11 is 0. The van der Waals surface area contributed by atoms with Gasteiger partial charge in [0.25, 0.3) is 5.91 Å². The number of H-pyrrole nitrogens is 1. The van der Waals surface area contributed by atoms with Crippen LogP contribution in [0.2, 0.25) is 0 Å². The molecule has 0 saturated heterocycles. The lowest BCUT2D eigenvalue weighted by Gasteiger charge is -2.07. The van der Waals surface area contributed by atoms with Gasteiger partial charge in [0.1, 0.15) is 16.5 Å². The van der Waals surface area contributed by atoms with Gasteiger partial charge >= 0.3 is 10.1 Å². The third-order valence-corrected chi connectivity index (χ3v) is 5.34. The van der Waals surface area contributed by atoms with Crippen molar-refractivity contribution in [2.75, 3.05) is 5.32 Å². The maximum atomic E-state index is 13.3. The van der Waals surface area contributed by atoms with Gasteiger partial charge in [-0.2, -0.15) is 13.5 Å². The second-order valence-electron chi connectivity index (χ2n) is 6.09. The first-order chi connectivity index (χ1) is 13.9. The average Bonchev–Trinajstić information content (AvgIpc) is 3.10. The fourth-order valence-corrected chi connectivity index (χ4v) is 3.66. The first-order valence-electron chi connectivity index (χ1n) is 8.47. The Balaban J connectivity index is 1.65. The molecule has 9 heteroatoms. The number of fused-ring (bicyclic) bond motifs is 1. The van der Waals surface area contributed by atoms with Gasteiger partial charge in [-0.25, -0.2) is 4.39 Å². The topological polar surface area (TPSA) is 101 Å². The van der Waals surface area contributed by atoms with Crippen LogP contribution in [0, 0.1) is 5.82 Å². The number of aromatic amines is 1. The zero-order chi connectivity index (χ0) is 20.4. The Hall–Kier alpha value is -3.72. The fourth-order valence-electron chi connectivity index (χ4n) is 2.71. The maximum Gasteiger partial charge on any atom is 0.339 e. The van der Waals surface area contributed by atoms with Gasteiger partial charge in [0.2, 0.25) is 0 Å². The number of halogens is 1. The molecular weight excluding hydrogens is 397 g/mol. The number of hydrogen-bond donors (Lipinski definition) is 2. The summed E-state index contributed by atoms with van der Waals surface area (Å²) in [6, 6.07) is 17.5. The van der Waals surface area contributed by atoms with Crippen molar-refractivity contribution < 1.29 is 21.8 Å². The van der Waals surface area contributed by atoms with E-state index < -0.39 is 15.9 Å². The van der Waals surface area contributed by atoms with Crippen molar-refractivity contribution in [2.45, 2.75) is 4.90 Å². The highest BCUT2D eigenvalue weighted by molar-refractivity contribution is 7.87. The Kier molecular flexibility index (Phi) is 4.73. The first kappa shape index (κ1) is 18.6. The van der Waals surface area contributed by atoms with Gasteiger partial charge in [-0.3, -0.25) is 9.89 Å². The van der Waals surface area contributed by atoms with Crippen LogP contribution in [-0.2, 0) is 10.1 Å². The molecule has 29 heavy (non-hydrogen) atoms. The van der Waals surface area contributed by atoms with Crippen molar-refractivity contribution >= 4 is 32.7 Å². The lowest BCUT2D eigenvalue weighted by molar-refractivity contribution is 0.102. The second kappa shape index (κ2) is 7.36. The number of nitrogens with zero attached hydrogens (tertiary/aromatic N) is 1. The van der Waals surface area contributed by atoms with E-state index in [4.69, 9.17) is 4.18 Å². The Labute approximate surface area is 165 Å². The minimum absolute atomic E-state index is 0.144. The van der Waals surface area contributed by atoms with E-state index in [1.165, 1.54) is 36.4 Å². The zero-order valence-corrected chi connectivity index (χ0v) is 15.6. The third-order valence-electron chi connectivity index (χ3n) is 4.09. The molecule has 0 aliphatic heterocycles. The molecule has 0 fully saturated rings. The monoisotopic (exact) mass is 411 g/mol. The summed E-state index contributed by atoms with van der Waals surface area (Å²) in [5, 5.41) is 9.81. The summed E-state index contributed by atoms with van der Waals surface area (Å²) in [6.45, 7) is 0. The molecule has 1 aromatic heterocycles. The summed E-state index contributed by atoms with van der Waals surface area (Å²) in [5.41, 5.74) is 0.958. The predicted molar refractivity (Wildman–Crippen MR) is 105 cm³/mol. The van der Waals surface area contributed by atoms with Gasteiger partial charge in [0.05, 0.1) is 5.52 Å². The predicted octanol–water partition coefficient (Wildman–Crippen LogP) is 3.72. The Morgan fingerprint density at radius 2 is 1.79 bits per heavy atom. The summed E-state index contributed by atoms with van der Waals surface area (Å²) in [7, 11) is -4.22. The van der Waals surface area contributed by atoms with Crippen molar-refractivity contribution in [1.82, 2.24) is 10.2 Å². The molecule has 1 heterocycles. The standard InChI is InChI=1S/C20H14FN3O4S/c21-14-7-4-8-15(11-14)28-29(26,27)16-9-10-18-17(12-16)19(24-23-18)22-20(25)13-5-2-1-3-6-13/h1-12H,(H2,22,23,24,25). The normalized spacial score (nSPS) is 11.3. The second-order valence-corrected chi connectivity index (χ2v) is 7.64. The van der Waals surface area contributed by atoms with Gasteiger partial charge in [0, 0.05) is 17.0 Å². The fraction of sp³-hybridized carbons (Fsp3) is 0. The largest absolute Gasteiger partial charge is 0.379 e. The van der Waals surface area contributed by atoms with E-state index >= 15 is 0 Å². The van der Waals surface area contributed by atoms with E-state index in [2.05, 4.69) is 15.5 Å². The van der Waals surface area contributed by atoms with Gasteiger partial charge in [-0.1, -0.05) is 24.3 Å². The number of nitrogens with one attached hydrogen (secondary N) is 2. The molecule has 3 aromatic carbocycles. The van der Waals surface area contributed by atoms with Crippen molar-refractivity contribution in [2.24, 2.45) is 0 Å². The van der Waals surface area contributed by atoms with E-state index in [1.54, 1.807) is 30.3 Å². The van der Waals surface area contributed by atoms with Crippen LogP contribution in [0.5, 0.6) is 5.75 Å². The van der Waals surface area contributed by atoms with Crippen LogP contribution >= 0.6 is 0 Å². The number of benzene rings is 3. The van der Waals surface area contributed by atoms with Crippen molar-refractivity contribution in [3.05, 3.63) is 84.2 Å². The molecule has 0 unspecified atom stereocenters. The number of amides is 1. The molecule has 0 atom stereocenters. The van der Waals surface area contributed by atoms with Crippen LogP contribution in [0.3, 0.4) is 0 Å². The molecular formula is C20H14FN3O4S. The summed E-state index contributed by atoms with van der Waals surface area (Å²) in [5.74, 6) is -0.969. The molecule has 146 valence electrons. The van der Waals surface area contributed by atoms with E-state index in [0.29, 0.717) is 16.5 Å². The van der Waals surface area contributed by atoms with Gasteiger partial charge in [-0.05, 0) is 42.5 Å². The van der Waals surface area contributed by atoms with Crippen molar-refractivity contribution in [3.63, 3.8) is 0 Å². The van der Waals surface area contributed by atoms with Crippen LogP contribution < -0.4 is 9.50 Å². The average molecular weight is 411 g/mol. The SMILES string of the molecule is O=C(Nc1n[nH]c2ccc(S(=O)(=O)Oc3cccc(F)c3)cc12)c1ccccc1. The van der Waals surface area contributed by atoms with Gasteiger partial charge in [0.15, 0.2) is 5.82 Å². The van der Waals surface area contributed by atoms with E-state index in [0.717, 1.165) is 6.07 Å². The van der Waals surface area contributed by atoms with Crippen molar-refractivity contribution in [3.8, 4) is 5.75 Å². The minimum atomic E-state index is -4.22. The third kappa shape index (κ3) is 3.94. The van der Waals surface area contributed by atoms with Gasteiger partial charge < -0.3 is 9.50 Å². The maximum absolute atomic E-state index is 13.3. The number of hydrogen-bond acceptors (Lipinski definition) is 5. The van der Waals surface area contributed by atoms with Crippen LogP contribution in [0.4, 0.5) is 10.2 Å². The molecule has 7 nitrogen and oxygen atoms in total. The number of anilines is 1. The first-order valence-corrected chi connectivity index (χ1v) is 9.88. The number of carbonyl (C=O) groups is 1. The highest BCUT2D eigenvalue weighted by Gasteiger charge is 2.20. The van der Waals surface area contributed by atoms with E-state index in [9.17, 15) is 17.6 Å². The molecule has 2 N–H and O–H groups in total. The molecule has 0 bridgehead atoms. The van der Waals surface area contributed by atoms with Crippen LogP contribution in [0.25, 0.3) is 10.9 Å². The Bertz CT molecular complexity index is 1300. The molecule has 4 aromatic rings. The molecule has 0 aliphatic rings. The van der Waals surface area contributed by atoms with Gasteiger partial charge in [-0.15, -0.1) is 0 Å². The highest BCUT2D eigenvalue weighted by Crippen LogP contribution is 2.26. The summed E-state index contributed by atoms with van der Waals surface area (Å²) in [6.07, 6.45) is 0. The molecule has 0 spiro atoms. The molecule has 4 rings (SSSR count).